The zero-order valence-electron chi connectivity index (χ0n) is 12.8. The molecule has 2 aromatic rings. The molecule has 0 saturated heterocycles. The summed E-state index contributed by atoms with van der Waals surface area (Å²) in [7, 11) is 0. The number of hydrogen-bond acceptors (Lipinski definition) is 3. The third kappa shape index (κ3) is 4.09. The van der Waals surface area contributed by atoms with Crippen molar-refractivity contribution >= 4 is 34.9 Å². The van der Waals surface area contributed by atoms with E-state index in [0.717, 1.165) is 11.3 Å². The molecule has 0 bridgehead atoms. The number of anilines is 1. The van der Waals surface area contributed by atoms with Crippen LogP contribution < -0.4 is 10.1 Å². The van der Waals surface area contributed by atoms with E-state index in [4.69, 9.17) is 27.9 Å². The third-order valence-electron chi connectivity index (χ3n) is 3.41. The van der Waals surface area contributed by atoms with Gasteiger partial charge in [0.15, 0.2) is 0 Å². The Morgan fingerprint density at radius 3 is 2.70 bits per heavy atom. The molecule has 6 heteroatoms. The molecule has 0 atom stereocenters. The van der Waals surface area contributed by atoms with Gasteiger partial charge in [-0.1, -0.05) is 29.3 Å². The molecule has 2 N–H and O–H groups in total. The van der Waals surface area contributed by atoms with Crippen LogP contribution in [0.3, 0.4) is 0 Å². The molecule has 0 unspecified atom stereocenters. The number of carboxylic acid groups (broad SMARTS) is 1. The highest BCUT2D eigenvalue weighted by Crippen LogP contribution is 2.33. The highest BCUT2D eigenvalue weighted by molar-refractivity contribution is 6.35. The van der Waals surface area contributed by atoms with Gasteiger partial charge in [0.2, 0.25) is 0 Å². The van der Waals surface area contributed by atoms with Crippen LogP contribution in [-0.4, -0.2) is 17.7 Å². The fourth-order valence-corrected chi connectivity index (χ4v) is 2.89. The van der Waals surface area contributed by atoms with E-state index in [0.29, 0.717) is 34.5 Å². The van der Waals surface area contributed by atoms with Gasteiger partial charge in [-0.3, -0.25) is 0 Å². The Morgan fingerprint density at radius 1 is 1.30 bits per heavy atom. The van der Waals surface area contributed by atoms with Crippen molar-refractivity contribution in [3.05, 3.63) is 57.1 Å². The zero-order valence-corrected chi connectivity index (χ0v) is 14.3. The standard InChI is InChI=1S/C17H17Cl2NO3/c1-3-23-16-11(7-12(18)8-14(16)19)9-20-15-6-4-5-13(10(15)2)17(21)22/h4-8,20H,3,9H2,1-2H3,(H,21,22). The van der Waals surface area contributed by atoms with E-state index in [2.05, 4.69) is 5.32 Å². The zero-order chi connectivity index (χ0) is 17.0. The maximum atomic E-state index is 11.2. The predicted molar refractivity (Wildman–Crippen MR) is 93.1 cm³/mol. The monoisotopic (exact) mass is 353 g/mol. The number of rotatable bonds is 6. The predicted octanol–water partition coefficient (Wildman–Crippen LogP) is 5.01. The van der Waals surface area contributed by atoms with E-state index in [-0.39, 0.29) is 5.56 Å². The Kier molecular flexibility index (Phi) is 5.74. The third-order valence-corrected chi connectivity index (χ3v) is 3.91. The van der Waals surface area contributed by atoms with Crippen LogP contribution >= 0.6 is 23.2 Å². The highest BCUT2D eigenvalue weighted by Gasteiger charge is 2.13. The van der Waals surface area contributed by atoms with Crippen LogP contribution in [0.2, 0.25) is 10.0 Å². The lowest BCUT2D eigenvalue weighted by Crippen LogP contribution is -2.07. The van der Waals surface area contributed by atoms with Crippen molar-refractivity contribution < 1.29 is 14.6 Å². The van der Waals surface area contributed by atoms with Crippen molar-refractivity contribution in [3.8, 4) is 5.75 Å². The molecule has 2 aromatic carbocycles. The molecule has 0 amide bonds. The summed E-state index contributed by atoms with van der Waals surface area (Å²) in [5.74, 6) is -0.370. The van der Waals surface area contributed by atoms with Gasteiger partial charge < -0.3 is 15.2 Å². The van der Waals surface area contributed by atoms with Gasteiger partial charge in [0, 0.05) is 22.8 Å². The summed E-state index contributed by atoms with van der Waals surface area (Å²) in [6, 6.07) is 8.52. The normalized spacial score (nSPS) is 10.4. The molecule has 0 spiro atoms. The fourth-order valence-electron chi connectivity index (χ4n) is 2.30. The topological polar surface area (TPSA) is 58.6 Å². The number of aromatic carboxylic acids is 1. The molecule has 0 heterocycles. The average Bonchev–Trinajstić information content (AvgIpc) is 2.49. The average molecular weight is 354 g/mol. The first-order valence-corrected chi connectivity index (χ1v) is 7.87. The lowest BCUT2D eigenvalue weighted by Gasteiger charge is -2.15. The van der Waals surface area contributed by atoms with Crippen molar-refractivity contribution in [2.75, 3.05) is 11.9 Å². The Balaban J connectivity index is 2.28. The van der Waals surface area contributed by atoms with Crippen molar-refractivity contribution in [1.29, 1.82) is 0 Å². The smallest absolute Gasteiger partial charge is 0.336 e. The number of benzene rings is 2. The molecule has 0 radical (unpaired) electrons. The summed E-state index contributed by atoms with van der Waals surface area (Å²) >= 11 is 12.2. The van der Waals surface area contributed by atoms with Crippen LogP contribution in [0.1, 0.15) is 28.4 Å². The lowest BCUT2D eigenvalue weighted by atomic mass is 10.1. The summed E-state index contributed by atoms with van der Waals surface area (Å²) in [5, 5.41) is 13.4. The van der Waals surface area contributed by atoms with Crippen LogP contribution in [0.25, 0.3) is 0 Å². The first kappa shape index (κ1) is 17.4. The number of hydrogen-bond donors (Lipinski definition) is 2. The molecule has 0 aromatic heterocycles. The van der Waals surface area contributed by atoms with E-state index in [1.807, 2.05) is 13.0 Å². The van der Waals surface area contributed by atoms with E-state index >= 15 is 0 Å². The minimum atomic E-state index is -0.952. The molecular weight excluding hydrogens is 337 g/mol. The quantitative estimate of drug-likeness (QED) is 0.766. The van der Waals surface area contributed by atoms with Gasteiger partial charge in [-0.05, 0) is 43.7 Å². The molecule has 2 rings (SSSR count). The van der Waals surface area contributed by atoms with Gasteiger partial charge in [-0.15, -0.1) is 0 Å². The van der Waals surface area contributed by atoms with Crippen LogP contribution in [0.15, 0.2) is 30.3 Å². The minimum Gasteiger partial charge on any atom is -0.492 e. The summed E-state index contributed by atoms with van der Waals surface area (Å²) < 4.78 is 5.58. The summed E-state index contributed by atoms with van der Waals surface area (Å²) in [6.07, 6.45) is 0. The number of ether oxygens (including phenoxy) is 1. The molecule has 0 aliphatic carbocycles. The van der Waals surface area contributed by atoms with Crippen molar-refractivity contribution in [3.63, 3.8) is 0 Å². The van der Waals surface area contributed by atoms with Crippen LogP contribution in [0, 0.1) is 6.92 Å². The molecule has 122 valence electrons. The second-order valence-electron chi connectivity index (χ2n) is 4.95. The second kappa shape index (κ2) is 7.57. The number of carboxylic acids is 1. The lowest BCUT2D eigenvalue weighted by molar-refractivity contribution is 0.0696. The second-order valence-corrected chi connectivity index (χ2v) is 5.79. The Hall–Kier alpha value is -1.91. The van der Waals surface area contributed by atoms with Crippen LogP contribution in [0.5, 0.6) is 5.75 Å². The van der Waals surface area contributed by atoms with E-state index < -0.39 is 5.97 Å². The first-order valence-electron chi connectivity index (χ1n) is 7.11. The molecule has 0 fully saturated rings. The van der Waals surface area contributed by atoms with Gasteiger partial charge >= 0.3 is 5.97 Å². The molecule has 0 saturated carbocycles. The van der Waals surface area contributed by atoms with E-state index in [9.17, 15) is 9.90 Å². The van der Waals surface area contributed by atoms with E-state index in [1.165, 1.54) is 0 Å². The molecule has 0 aliphatic rings. The van der Waals surface area contributed by atoms with Crippen LogP contribution in [0.4, 0.5) is 5.69 Å². The van der Waals surface area contributed by atoms with Gasteiger partial charge in [-0.25, -0.2) is 4.79 Å². The van der Waals surface area contributed by atoms with Crippen molar-refractivity contribution in [2.24, 2.45) is 0 Å². The van der Waals surface area contributed by atoms with Crippen molar-refractivity contribution in [1.82, 2.24) is 0 Å². The Labute approximate surface area is 145 Å². The first-order chi connectivity index (χ1) is 10.9. The molecule has 0 aliphatic heterocycles. The van der Waals surface area contributed by atoms with Gasteiger partial charge in [-0.2, -0.15) is 0 Å². The molecule has 23 heavy (non-hydrogen) atoms. The van der Waals surface area contributed by atoms with Crippen LogP contribution in [-0.2, 0) is 6.54 Å². The summed E-state index contributed by atoms with van der Waals surface area (Å²) in [6.45, 7) is 4.55. The van der Waals surface area contributed by atoms with Crippen molar-refractivity contribution in [2.45, 2.75) is 20.4 Å². The molecular formula is C17H17Cl2NO3. The maximum Gasteiger partial charge on any atom is 0.336 e. The maximum absolute atomic E-state index is 11.2. The Bertz CT molecular complexity index is 732. The number of carbonyl (C=O) groups is 1. The summed E-state index contributed by atoms with van der Waals surface area (Å²) in [5.41, 5.74) is 2.49. The highest BCUT2D eigenvalue weighted by atomic mass is 35.5. The van der Waals surface area contributed by atoms with Gasteiger partial charge in [0.1, 0.15) is 5.75 Å². The number of nitrogens with one attached hydrogen (secondary N) is 1. The molecule has 4 nitrogen and oxygen atoms in total. The van der Waals surface area contributed by atoms with Gasteiger partial charge in [0.05, 0.1) is 17.2 Å². The number of halogens is 2. The largest absolute Gasteiger partial charge is 0.492 e. The Morgan fingerprint density at radius 2 is 2.04 bits per heavy atom. The SMILES string of the molecule is CCOc1c(Cl)cc(Cl)cc1CNc1cccc(C(=O)O)c1C. The summed E-state index contributed by atoms with van der Waals surface area (Å²) in [4.78, 5) is 11.2. The van der Waals surface area contributed by atoms with E-state index in [1.54, 1.807) is 31.2 Å². The van der Waals surface area contributed by atoms with Gasteiger partial charge in [0.25, 0.3) is 0 Å². The fraction of sp³-hybridized carbons (Fsp3) is 0.235. The minimum absolute atomic E-state index is 0.268.